The molecule has 3 heterocycles. The Hall–Kier alpha value is -2.54. The summed E-state index contributed by atoms with van der Waals surface area (Å²) in [6.45, 7) is 2.70. The zero-order valence-electron chi connectivity index (χ0n) is 14.5. The highest BCUT2D eigenvalue weighted by molar-refractivity contribution is 5.96. The van der Waals surface area contributed by atoms with Gasteiger partial charge in [-0.2, -0.15) is 5.10 Å². The number of carbonyl (C=O) groups is 1. The third kappa shape index (κ3) is 2.84. The minimum Gasteiger partial charge on any atom is -0.497 e. The van der Waals surface area contributed by atoms with Gasteiger partial charge in [-0.3, -0.25) is 9.48 Å². The Morgan fingerprint density at radius 2 is 2.12 bits per heavy atom. The predicted octanol–water partition coefficient (Wildman–Crippen LogP) is 1.87. The zero-order chi connectivity index (χ0) is 17.4. The number of anilines is 1. The van der Waals surface area contributed by atoms with Gasteiger partial charge in [0.15, 0.2) is 0 Å². The molecule has 1 aromatic carbocycles. The number of hydrogen-bond donors (Lipinski definition) is 2. The van der Waals surface area contributed by atoms with Crippen LogP contribution in [0.3, 0.4) is 0 Å². The van der Waals surface area contributed by atoms with Gasteiger partial charge in [0.1, 0.15) is 11.5 Å². The van der Waals surface area contributed by atoms with E-state index in [1.54, 1.807) is 14.2 Å². The molecule has 1 atom stereocenters. The van der Waals surface area contributed by atoms with Crippen molar-refractivity contribution in [2.24, 2.45) is 0 Å². The van der Waals surface area contributed by atoms with Crippen molar-refractivity contribution in [1.82, 2.24) is 15.1 Å². The number of nitrogens with zero attached hydrogens (tertiary/aromatic N) is 2. The lowest BCUT2D eigenvalue weighted by atomic mass is 9.87. The van der Waals surface area contributed by atoms with Crippen molar-refractivity contribution in [3.63, 3.8) is 0 Å². The van der Waals surface area contributed by atoms with Crippen LogP contribution in [0.4, 0.5) is 5.69 Å². The molecule has 4 rings (SSSR count). The molecule has 0 saturated carbocycles. The topological polar surface area (TPSA) is 77.4 Å². The standard InChI is InChI=1S/C18H22N4O3/c1-24-12-7-15-18(16(8-12)25-2)13(9-17(23)20-15)14-6-11-10-19-4-3-5-22(11)21-14/h6-8,13,19H,3-5,9-10H2,1-2H3,(H,20,23). The number of methoxy groups -OCH3 is 2. The van der Waals surface area contributed by atoms with E-state index in [0.29, 0.717) is 17.9 Å². The summed E-state index contributed by atoms with van der Waals surface area (Å²) in [6, 6.07) is 5.80. The van der Waals surface area contributed by atoms with Gasteiger partial charge in [0.2, 0.25) is 5.91 Å². The number of carbonyl (C=O) groups excluding carboxylic acids is 1. The average Bonchev–Trinajstić information content (AvgIpc) is 2.90. The van der Waals surface area contributed by atoms with E-state index in [1.807, 2.05) is 12.1 Å². The molecular formula is C18H22N4O3. The van der Waals surface area contributed by atoms with Crippen LogP contribution in [0.5, 0.6) is 11.5 Å². The van der Waals surface area contributed by atoms with Crippen molar-refractivity contribution in [3.8, 4) is 11.5 Å². The van der Waals surface area contributed by atoms with E-state index in [2.05, 4.69) is 21.4 Å². The third-order valence-corrected chi connectivity index (χ3v) is 4.85. The fraction of sp³-hybridized carbons (Fsp3) is 0.444. The molecule has 1 aromatic heterocycles. The SMILES string of the molecule is COc1cc2c(c(OC)c1)C(c1cc3n(n1)CCCNC3)CC(=O)N2. The molecule has 1 amide bonds. The molecule has 0 radical (unpaired) electrons. The normalized spacial score (nSPS) is 19.4. The number of aryl methyl sites for hydroxylation is 1. The molecule has 0 aliphatic carbocycles. The maximum atomic E-state index is 12.3. The molecule has 2 N–H and O–H groups in total. The number of fused-ring (bicyclic) bond motifs is 2. The fourth-order valence-electron chi connectivity index (χ4n) is 3.65. The number of ether oxygens (including phenoxy) is 2. The van der Waals surface area contributed by atoms with Gasteiger partial charge in [-0.15, -0.1) is 0 Å². The van der Waals surface area contributed by atoms with Crippen molar-refractivity contribution in [2.45, 2.75) is 31.8 Å². The van der Waals surface area contributed by atoms with E-state index in [1.165, 1.54) is 0 Å². The Balaban J connectivity index is 1.80. The summed E-state index contributed by atoms with van der Waals surface area (Å²) in [7, 11) is 3.23. The highest BCUT2D eigenvalue weighted by Gasteiger charge is 2.32. The number of benzene rings is 1. The Bertz CT molecular complexity index is 791. The molecule has 2 aliphatic rings. The maximum Gasteiger partial charge on any atom is 0.225 e. The van der Waals surface area contributed by atoms with Crippen LogP contribution in [0.25, 0.3) is 0 Å². The monoisotopic (exact) mass is 342 g/mol. The summed E-state index contributed by atoms with van der Waals surface area (Å²) in [4.78, 5) is 12.3. The van der Waals surface area contributed by atoms with Crippen LogP contribution in [-0.4, -0.2) is 36.5 Å². The first-order valence-corrected chi connectivity index (χ1v) is 8.52. The van der Waals surface area contributed by atoms with E-state index >= 15 is 0 Å². The van der Waals surface area contributed by atoms with Crippen molar-refractivity contribution < 1.29 is 14.3 Å². The summed E-state index contributed by atoms with van der Waals surface area (Å²) >= 11 is 0. The summed E-state index contributed by atoms with van der Waals surface area (Å²) in [5, 5.41) is 11.1. The first-order valence-electron chi connectivity index (χ1n) is 8.52. The molecule has 7 nitrogen and oxygen atoms in total. The van der Waals surface area contributed by atoms with Crippen LogP contribution in [0.15, 0.2) is 18.2 Å². The first kappa shape index (κ1) is 16.0. The molecule has 2 aliphatic heterocycles. The fourth-order valence-corrected chi connectivity index (χ4v) is 3.65. The highest BCUT2D eigenvalue weighted by atomic mass is 16.5. The Labute approximate surface area is 146 Å². The van der Waals surface area contributed by atoms with Gasteiger partial charge in [0.25, 0.3) is 0 Å². The lowest BCUT2D eigenvalue weighted by molar-refractivity contribution is -0.116. The van der Waals surface area contributed by atoms with Crippen molar-refractivity contribution in [2.75, 3.05) is 26.1 Å². The molecular weight excluding hydrogens is 320 g/mol. The van der Waals surface area contributed by atoms with Crippen LogP contribution >= 0.6 is 0 Å². The van der Waals surface area contributed by atoms with E-state index in [4.69, 9.17) is 14.6 Å². The first-order chi connectivity index (χ1) is 12.2. The Morgan fingerprint density at radius 1 is 1.24 bits per heavy atom. The average molecular weight is 342 g/mol. The number of aromatic nitrogens is 2. The number of rotatable bonds is 3. The maximum absolute atomic E-state index is 12.3. The molecule has 0 fully saturated rings. The van der Waals surface area contributed by atoms with Crippen molar-refractivity contribution in [1.29, 1.82) is 0 Å². The quantitative estimate of drug-likeness (QED) is 0.890. The van der Waals surface area contributed by atoms with E-state index in [-0.39, 0.29) is 11.8 Å². The second kappa shape index (κ2) is 6.40. The molecule has 0 saturated heterocycles. The molecule has 132 valence electrons. The van der Waals surface area contributed by atoms with E-state index in [0.717, 1.165) is 48.7 Å². The minimum absolute atomic E-state index is 0.0193. The number of amides is 1. The minimum atomic E-state index is -0.121. The molecule has 25 heavy (non-hydrogen) atoms. The van der Waals surface area contributed by atoms with Crippen LogP contribution < -0.4 is 20.1 Å². The molecule has 2 aromatic rings. The van der Waals surface area contributed by atoms with Crippen molar-refractivity contribution >= 4 is 11.6 Å². The highest BCUT2D eigenvalue weighted by Crippen LogP contribution is 2.44. The van der Waals surface area contributed by atoms with Gasteiger partial charge < -0.3 is 20.1 Å². The zero-order valence-corrected chi connectivity index (χ0v) is 14.5. The third-order valence-electron chi connectivity index (χ3n) is 4.85. The molecule has 1 unspecified atom stereocenters. The molecule has 0 spiro atoms. The van der Waals surface area contributed by atoms with Gasteiger partial charge in [0, 0.05) is 43.1 Å². The van der Waals surface area contributed by atoms with Gasteiger partial charge in [-0.1, -0.05) is 0 Å². The Morgan fingerprint density at radius 3 is 2.92 bits per heavy atom. The van der Waals surface area contributed by atoms with Gasteiger partial charge in [-0.25, -0.2) is 0 Å². The van der Waals surface area contributed by atoms with Gasteiger partial charge in [0.05, 0.1) is 31.3 Å². The van der Waals surface area contributed by atoms with Gasteiger partial charge in [-0.05, 0) is 19.0 Å². The molecule has 0 bridgehead atoms. The van der Waals surface area contributed by atoms with E-state index in [9.17, 15) is 4.79 Å². The number of hydrogen-bond acceptors (Lipinski definition) is 5. The van der Waals surface area contributed by atoms with Crippen LogP contribution in [0.1, 0.15) is 35.7 Å². The lowest BCUT2D eigenvalue weighted by Gasteiger charge is -2.27. The summed E-state index contributed by atoms with van der Waals surface area (Å²) in [6.07, 6.45) is 1.41. The summed E-state index contributed by atoms with van der Waals surface area (Å²) in [5.74, 6) is 1.22. The van der Waals surface area contributed by atoms with Gasteiger partial charge >= 0.3 is 0 Å². The second-order valence-corrected chi connectivity index (χ2v) is 6.41. The molecule has 7 heteroatoms. The smallest absolute Gasteiger partial charge is 0.225 e. The lowest BCUT2D eigenvalue weighted by Crippen LogP contribution is -2.24. The largest absolute Gasteiger partial charge is 0.497 e. The van der Waals surface area contributed by atoms with E-state index < -0.39 is 0 Å². The van der Waals surface area contributed by atoms with Crippen LogP contribution in [0, 0.1) is 0 Å². The summed E-state index contributed by atoms with van der Waals surface area (Å²) < 4.78 is 13.0. The van der Waals surface area contributed by atoms with Crippen LogP contribution in [0.2, 0.25) is 0 Å². The van der Waals surface area contributed by atoms with Crippen molar-refractivity contribution in [3.05, 3.63) is 35.2 Å². The van der Waals surface area contributed by atoms with Crippen LogP contribution in [-0.2, 0) is 17.9 Å². The predicted molar refractivity (Wildman–Crippen MR) is 93.2 cm³/mol. The summed E-state index contributed by atoms with van der Waals surface area (Å²) in [5.41, 5.74) is 3.77. The Kier molecular flexibility index (Phi) is 4.09. The second-order valence-electron chi connectivity index (χ2n) is 6.41. The number of nitrogens with one attached hydrogen (secondary N) is 2.